The molecule has 0 heterocycles. The number of amides is 1. The van der Waals surface area contributed by atoms with E-state index in [0.717, 1.165) is 11.4 Å². The maximum Gasteiger partial charge on any atom is 0.240 e. The molecule has 1 aromatic carbocycles. The zero-order chi connectivity index (χ0) is 11.1. The van der Waals surface area contributed by atoms with Crippen LogP contribution >= 0.6 is 0 Å². The van der Waals surface area contributed by atoms with E-state index in [2.05, 4.69) is 10.6 Å². The molecule has 15 heavy (non-hydrogen) atoms. The summed E-state index contributed by atoms with van der Waals surface area (Å²) in [6, 6.07) is 7.36. The third kappa shape index (κ3) is 3.86. The SMILES string of the molecule is COc1cccc(NCC(=O)NCN)c1. The van der Waals surface area contributed by atoms with Gasteiger partial charge in [0.05, 0.1) is 20.3 Å². The third-order valence-electron chi connectivity index (χ3n) is 1.82. The van der Waals surface area contributed by atoms with Gasteiger partial charge in [-0.05, 0) is 12.1 Å². The third-order valence-corrected chi connectivity index (χ3v) is 1.82. The number of benzene rings is 1. The number of hydrogen-bond acceptors (Lipinski definition) is 4. The maximum atomic E-state index is 11.1. The molecular weight excluding hydrogens is 194 g/mol. The highest BCUT2D eigenvalue weighted by Crippen LogP contribution is 2.15. The van der Waals surface area contributed by atoms with E-state index in [9.17, 15) is 4.79 Å². The van der Waals surface area contributed by atoms with Crippen LogP contribution < -0.4 is 21.1 Å². The molecule has 0 saturated carbocycles. The second-order valence-electron chi connectivity index (χ2n) is 2.89. The van der Waals surface area contributed by atoms with E-state index in [1.807, 2.05) is 24.3 Å². The summed E-state index contributed by atoms with van der Waals surface area (Å²) in [6.07, 6.45) is 0. The van der Waals surface area contributed by atoms with Gasteiger partial charge in [-0.3, -0.25) is 4.79 Å². The molecule has 0 saturated heterocycles. The van der Waals surface area contributed by atoms with Gasteiger partial charge in [0.15, 0.2) is 0 Å². The predicted octanol–water partition coefficient (Wildman–Crippen LogP) is 0.140. The number of nitrogens with two attached hydrogens (primary N) is 1. The number of carbonyl (C=O) groups is 1. The van der Waals surface area contributed by atoms with Gasteiger partial charge < -0.3 is 21.1 Å². The van der Waals surface area contributed by atoms with Crippen molar-refractivity contribution in [3.8, 4) is 5.75 Å². The van der Waals surface area contributed by atoms with Crippen LogP contribution in [0.15, 0.2) is 24.3 Å². The zero-order valence-corrected chi connectivity index (χ0v) is 8.62. The van der Waals surface area contributed by atoms with Crippen molar-refractivity contribution < 1.29 is 9.53 Å². The molecule has 0 spiro atoms. The Morgan fingerprint density at radius 2 is 2.33 bits per heavy atom. The minimum absolute atomic E-state index is 0.139. The normalized spacial score (nSPS) is 9.47. The van der Waals surface area contributed by atoms with E-state index < -0.39 is 0 Å². The molecule has 0 aliphatic heterocycles. The molecule has 0 aliphatic rings. The van der Waals surface area contributed by atoms with Crippen LogP contribution in [0, 0.1) is 0 Å². The Morgan fingerprint density at radius 1 is 1.53 bits per heavy atom. The first-order chi connectivity index (χ1) is 7.26. The molecule has 0 bridgehead atoms. The molecule has 0 aliphatic carbocycles. The molecule has 1 rings (SSSR count). The monoisotopic (exact) mass is 209 g/mol. The Hall–Kier alpha value is -1.75. The largest absolute Gasteiger partial charge is 0.497 e. The van der Waals surface area contributed by atoms with Crippen molar-refractivity contribution in [3.05, 3.63) is 24.3 Å². The van der Waals surface area contributed by atoms with Gasteiger partial charge in [0.25, 0.3) is 0 Å². The van der Waals surface area contributed by atoms with Gasteiger partial charge in [-0.15, -0.1) is 0 Å². The van der Waals surface area contributed by atoms with Crippen molar-refractivity contribution in [1.29, 1.82) is 0 Å². The highest BCUT2D eigenvalue weighted by atomic mass is 16.5. The van der Waals surface area contributed by atoms with Gasteiger partial charge in [-0.1, -0.05) is 6.07 Å². The Labute approximate surface area is 88.6 Å². The summed E-state index contributed by atoms with van der Waals surface area (Å²) in [5.74, 6) is 0.611. The highest BCUT2D eigenvalue weighted by Gasteiger charge is 1.99. The van der Waals surface area contributed by atoms with E-state index in [1.165, 1.54) is 0 Å². The first-order valence-electron chi connectivity index (χ1n) is 4.61. The van der Waals surface area contributed by atoms with Crippen molar-refractivity contribution in [3.63, 3.8) is 0 Å². The Kier molecular flexibility index (Phi) is 4.43. The summed E-state index contributed by atoms with van der Waals surface area (Å²) < 4.78 is 5.05. The van der Waals surface area contributed by atoms with Crippen molar-refractivity contribution in [2.75, 3.05) is 25.6 Å². The molecule has 5 nitrogen and oxygen atoms in total. The van der Waals surface area contributed by atoms with Crippen LogP contribution in [0.3, 0.4) is 0 Å². The second kappa shape index (κ2) is 5.87. The summed E-state index contributed by atoms with van der Waals surface area (Å²) in [5.41, 5.74) is 6.00. The van der Waals surface area contributed by atoms with Crippen LogP contribution in [0.1, 0.15) is 0 Å². The number of nitrogens with one attached hydrogen (secondary N) is 2. The Bertz CT molecular complexity index is 328. The second-order valence-corrected chi connectivity index (χ2v) is 2.89. The molecule has 82 valence electrons. The minimum atomic E-state index is -0.139. The fourth-order valence-electron chi connectivity index (χ4n) is 1.09. The topological polar surface area (TPSA) is 76.4 Å². The molecule has 5 heteroatoms. The summed E-state index contributed by atoms with van der Waals surface area (Å²) in [7, 11) is 1.60. The molecule has 0 radical (unpaired) electrons. The summed E-state index contributed by atoms with van der Waals surface area (Å²) in [5, 5.41) is 5.45. The quantitative estimate of drug-likeness (QED) is 0.603. The molecule has 0 atom stereocenters. The lowest BCUT2D eigenvalue weighted by Crippen LogP contribution is -2.34. The van der Waals surface area contributed by atoms with Crippen molar-refractivity contribution in [1.82, 2.24) is 5.32 Å². The average molecular weight is 209 g/mol. The first-order valence-corrected chi connectivity index (χ1v) is 4.61. The highest BCUT2D eigenvalue weighted by molar-refractivity contribution is 5.80. The lowest BCUT2D eigenvalue weighted by atomic mass is 10.3. The molecule has 1 amide bonds. The number of methoxy groups -OCH3 is 1. The van der Waals surface area contributed by atoms with E-state index in [1.54, 1.807) is 7.11 Å². The zero-order valence-electron chi connectivity index (χ0n) is 8.62. The fourth-order valence-corrected chi connectivity index (χ4v) is 1.09. The standard InChI is InChI=1S/C10H15N3O2/c1-15-9-4-2-3-8(5-9)12-6-10(14)13-7-11/h2-5,12H,6-7,11H2,1H3,(H,13,14). The van der Waals surface area contributed by atoms with Crippen LogP contribution in [0.25, 0.3) is 0 Å². The molecular formula is C10H15N3O2. The van der Waals surface area contributed by atoms with Crippen LogP contribution in [0.4, 0.5) is 5.69 Å². The summed E-state index contributed by atoms with van der Waals surface area (Å²) in [6.45, 7) is 0.350. The van der Waals surface area contributed by atoms with Crippen molar-refractivity contribution in [2.45, 2.75) is 0 Å². The number of hydrogen-bond donors (Lipinski definition) is 3. The van der Waals surface area contributed by atoms with Gasteiger partial charge >= 0.3 is 0 Å². The van der Waals surface area contributed by atoms with Gasteiger partial charge in [0.1, 0.15) is 5.75 Å². The lowest BCUT2D eigenvalue weighted by Gasteiger charge is -2.07. The van der Waals surface area contributed by atoms with Gasteiger partial charge in [-0.25, -0.2) is 0 Å². The molecule has 4 N–H and O–H groups in total. The predicted molar refractivity (Wildman–Crippen MR) is 58.7 cm³/mol. The first kappa shape index (κ1) is 11.3. The molecule has 0 unspecified atom stereocenters. The Morgan fingerprint density at radius 3 is 3.00 bits per heavy atom. The maximum absolute atomic E-state index is 11.1. The smallest absolute Gasteiger partial charge is 0.240 e. The van der Waals surface area contributed by atoms with Gasteiger partial charge in [0.2, 0.25) is 5.91 Å². The number of ether oxygens (including phenoxy) is 1. The van der Waals surface area contributed by atoms with Crippen LogP contribution in [-0.4, -0.2) is 26.2 Å². The average Bonchev–Trinajstić information content (AvgIpc) is 2.27. The molecule has 1 aromatic rings. The van der Waals surface area contributed by atoms with Crippen molar-refractivity contribution >= 4 is 11.6 Å². The van der Waals surface area contributed by atoms with Crippen LogP contribution in [-0.2, 0) is 4.79 Å². The van der Waals surface area contributed by atoms with E-state index in [0.29, 0.717) is 0 Å². The van der Waals surface area contributed by atoms with Crippen LogP contribution in [0.5, 0.6) is 5.75 Å². The molecule has 0 fully saturated rings. The Balaban J connectivity index is 2.46. The van der Waals surface area contributed by atoms with Gasteiger partial charge in [0, 0.05) is 11.8 Å². The van der Waals surface area contributed by atoms with Crippen molar-refractivity contribution in [2.24, 2.45) is 5.73 Å². The summed E-state index contributed by atoms with van der Waals surface area (Å²) in [4.78, 5) is 11.1. The number of rotatable bonds is 5. The molecule has 0 aromatic heterocycles. The van der Waals surface area contributed by atoms with Gasteiger partial charge in [-0.2, -0.15) is 0 Å². The lowest BCUT2D eigenvalue weighted by molar-refractivity contribution is -0.119. The fraction of sp³-hybridized carbons (Fsp3) is 0.300. The summed E-state index contributed by atoms with van der Waals surface area (Å²) >= 11 is 0. The van der Waals surface area contributed by atoms with E-state index in [-0.39, 0.29) is 19.1 Å². The minimum Gasteiger partial charge on any atom is -0.497 e. The number of carbonyl (C=O) groups excluding carboxylic acids is 1. The van der Waals surface area contributed by atoms with Crippen LogP contribution in [0.2, 0.25) is 0 Å². The number of anilines is 1. The van der Waals surface area contributed by atoms with E-state index >= 15 is 0 Å². The van der Waals surface area contributed by atoms with E-state index in [4.69, 9.17) is 10.5 Å².